The smallest absolute Gasteiger partial charge is 0.253 e. The van der Waals surface area contributed by atoms with Crippen molar-refractivity contribution in [3.05, 3.63) is 84.7 Å². The summed E-state index contributed by atoms with van der Waals surface area (Å²) in [6.45, 7) is 1.16. The molecule has 0 radical (unpaired) electrons. The molecule has 1 fully saturated rings. The molecule has 6 nitrogen and oxygen atoms in total. The van der Waals surface area contributed by atoms with E-state index in [-0.39, 0.29) is 17.7 Å². The average molecular weight is 425 g/mol. The van der Waals surface area contributed by atoms with Gasteiger partial charge < -0.3 is 15.2 Å². The second kappa shape index (κ2) is 8.67. The van der Waals surface area contributed by atoms with Crippen molar-refractivity contribution in [2.75, 3.05) is 18.4 Å². The van der Waals surface area contributed by atoms with Gasteiger partial charge in [-0.3, -0.25) is 14.6 Å². The van der Waals surface area contributed by atoms with E-state index in [0.717, 1.165) is 22.5 Å². The number of para-hydroxylation sites is 1. The summed E-state index contributed by atoms with van der Waals surface area (Å²) < 4.78 is 0. The molecule has 0 atom stereocenters. The number of carbonyl (C=O) groups excluding carboxylic acids is 2. The number of nitrogens with one attached hydrogen (secondary N) is 2. The number of rotatable bonds is 4. The van der Waals surface area contributed by atoms with Crippen LogP contribution in [-0.4, -0.2) is 39.8 Å². The number of fused-ring (bicyclic) bond motifs is 1. The summed E-state index contributed by atoms with van der Waals surface area (Å²) >= 11 is 0. The van der Waals surface area contributed by atoms with Crippen molar-refractivity contribution in [3.8, 4) is 11.3 Å². The third-order valence-corrected chi connectivity index (χ3v) is 6.07. The molecule has 2 aromatic carbocycles. The van der Waals surface area contributed by atoms with E-state index in [9.17, 15) is 9.59 Å². The number of aromatic nitrogens is 2. The Morgan fingerprint density at radius 3 is 2.38 bits per heavy atom. The Hall–Kier alpha value is -3.93. The fourth-order valence-corrected chi connectivity index (χ4v) is 4.23. The first-order valence-electron chi connectivity index (χ1n) is 10.9. The Balaban J connectivity index is 1.18. The van der Waals surface area contributed by atoms with Gasteiger partial charge in [-0.1, -0.05) is 30.3 Å². The summed E-state index contributed by atoms with van der Waals surface area (Å²) in [4.78, 5) is 34.5. The van der Waals surface area contributed by atoms with Crippen molar-refractivity contribution in [3.63, 3.8) is 0 Å². The molecule has 6 heteroatoms. The van der Waals surface area contributed by atoms with Gasteiger partial charge in [0.25, 0.3) is 5.91 Å². The number of nitrogens with zero attached hydrogens (tertiary/aromatic N) is 2. The molecule has 0 saturated carbocycles. The molecule has 0 unspecified atom stereocenters. The maximum absolute atomic E-state index is 12.8. The second-order valence-corrected chi connectivity index (χ2v) is 8.14. The van der Waals surface area contributed by atoms with Crippen LogP contribution in [0.15, 0.2) is 79.1 Å². The van der Waals surface area contributed by atoms with Crippen LogP contribution in [0.2, 0.25) is 0 Å². The summed E-state index contributed by atoms with van der Waals surface area (Å²) in [6.07, 6.45) is 4.57. The van der Waals surface area contributed by atoms with E-state index >= 15 is 0 Å². The number of H-pyrrole nitrogens is 1. The predicted octanol–water partition coefficient (Wildman–Crippen LogP) is 4.72. The zero-order chi connectivity index (χ0) is 21.9. The lowest BCUT2D eigenvalue weighted by Gasteiger charge is -2.31. The number of pyridine rings is 1. The van der Waals surface area contributed by atoms with Crippen molar-refractivity contribution < 1.29 is 9.59 Å². The molecule has 32 heavy (non-hydrogen) atoms. The summed E-state index contributed by atoms with van der Waals surface area (Å²) in [5, 5.41) is 4.21. The Kier molecular flexibility index (Phi) is 5.42. The lowest BCUT2D eigenvalue weighted by atomic mass is 9.95. The van der Waals surface area contributed by atoms with Crippen molar-refractivity contribution in [2.24, 2.45) is 5.92 Å². The molecule has 0 spiro atoms. The van der Waals surface area contributed by atoms with E-state index in [1.165, 1.54) is 5.39 Å². The number of hydrogen-bond donors (Lipinski definition) is 2. The molecule has 1 aliphatic rings. The molecule has 2 N–H and O–H groups in total. The molecule has 5 rings (SSSR count). The Labute approximate surface area is 186 Å². The number of anilines is 1. The largest absolute Gasteiger partial charge is 0.355 e. The summed E-state index contributed by atoms with van der Waals surface area (Å²) in [5.41, 5.74) is 4.65. The van der Waals surface area contributed by atoms with Gasteiger partial charge in [-0.05, 0) is 54.8 Å². The SMILES string of the molecule is O=C(Nc1ccc(-c2cc3ccccc3[nH]2)cc1)C1CCN(C(=O)c2ccncc2)CC1. The Morgan fingerprint density at radius 1 is 0.938 bits per heavy atom. The monoisotopic (exact) mass is 424 g/mol. The van der Waals surface area contributed by atoms with Crippen LogP contribution in [-0.2, 0) is 4.79 Å². The van der Waals surface area contributed by atoms with Crippen LogP contribution in [0.5, 0.6) is 0 Å². The number of benzene rings is 2. The predicted molar refractivity (Wildman–Crippen MR) is 125 cm³/mol. The fourth-order valence-electron chi connectivity index (χ4n) is 4.23. The summed E-state index contributed by atoms with van der Waals surface area (Å²) in [7, 11) is 0. The van der Waals surface area contributed by atoms with Gasteiger partial charge in [-0.2, -0.15) is 0 Å². The molecule has 0 aliphatic carbocycles. The van der Waals surface area contributed by atoms with Gasteiger partial charge in [0.05, 0.1) is 0 Å². The number of aromatic amines is 1. The quantitative estimate of drug-likeness (QED) is 0.498. The highest BCUT2D eigenvalue weighted by Crippen LogP contribution is 2.26. The lowest BCUT2D eigenvalue weighted by Crippen LogP contribution is -2.41. The van der Waals surface area contributed by atoms with Crippen LogP contribution in [0, 0.1) is 5.92 Å². The van der Waals surface area contributed by atoms with Gasteiger partial charge in [0.15, 0.2) is 0 Å². The maximum atomic E-state index is 12.8. The fraction of sp³-hybridized carbons (Fsp3) is 0.192. The number of likely N-dealkylation sites (tertiary alicyclic amines) is 1. The van der Waals surface area contributed by atoms with Crippen molar-refractivity contribution in [1.29, 1.82) is 0 Å². The van der Waals surface area contributed by atoms with Crippen LogP contribution >= 0.6 is 0 Å². The number of carbonyl (C=O) groups is 2. The van der Waals surface area contributed by atoms with Gasteiger partial charge in [0.2, 0.25) is 5.91 Å². The second-order valence-electron chi connectivity index (χ2n) is 8.14. The zero-order valence-electron chi connectivity index (χ0n) is 17.6. The zero-order valence-corrected chi connectivity index (χ0v) is 17.6. The van der Waals surface area contributed by atoms with E-state index in [0.29, 0.717) is 31.5 Å². The first-order chi connectivity index (χ1) is 15.7. The number of hydrogen-bond acceptors (Lipinski definition) is 3. The molecule has 1 aliphatic heterocycles. The van der Waals surface area contributed by atoms with Crippen LogP contribution in [0.3, 0.4) is 0 Å². The van der Waals surface area contributed by atoms with Crippen LogP contribution in [0.1, 0.15) is 23.2 Å². The van der Waals surface area contributed by atoms with E-state index in [2.05, 4.69) is 33.5 Å². The third kappa shape index (κ3) is 4.12. The molecule has 0 bridgehead atoms. The van der Waals surface area contributed by atoms with Crippen LogP contribution < -0.4 is 5.32 Å². The molecule has 160 valence electrons. The third-order valence-electron chi connectivity index (χ3n) is 6.07. The van der Waals surface area contributed by atoms with Gasteiger partial charge in [-0.15, -0.1) is 0 Å². The lowest BCUT2D eigenvalue weighted by molar-refractivity contribution is -0.121. The van der Waals surface area contributed by atoms with Crippen molar-refractivity contribution in [2.45, 2.75) is 12.8 Å². The van der Waals surface area contributed by atoms with E-state index < -0.39 is 0 Å². The van der Waals surface area contributed by atoms with Crippen LogP contribution in [0.25, 0.3) is 22.2 Å². The highest BCUT2D eigenvalue weighted by atomic mass is 16.2. The number of amides is 2. The first kappa shape index (κ1) is 20.0. The average Bonchev–Trinajstić information content (AvgIpc) is 3.29. The van der Waals surface area contributed by atoms with E-state index in [4.69, 9.17) is 0 Å². The normalized spacial score (nSPS) is 14.4. The van der Waals surface area contributed by atoms with Gasteiger partial charge in [-0.25, -0.2) is 0 Å². The van der Waals surface area contributed by atoms with Gasteiger partial charge in [0, 0.05) is 59.2 Å². The number of piperidine rings is 1. The molecular weight excluding hydrogens is 400 g/mol. The Bertz CT molecular complexity index is 1210. The topological polar surface area (TPSA) is 78.1 Å². The summed E-state index contributed by atoms with van der Waals surface area (Å²) in [6, 6.07) is 21.6. The van der Waals surface area contributed by atoms with Crippen molar-refractivity contribution >= 4 is 28.4 Å². The van der Waals surface area contributed by atoms with E-state index in [1.807, 2.05) is 41.3 Å². The van der Waals surface area contributed by atoms with Crippen LogP contribution in [0.4, 0.5) is 5.69 Å². The minimum absolute atomic E-state index is 0.00109. The van der Waals surface area contributed by atoms with Gasteiger partial charge >= 0.3 is 0 Å². The molecule has 4 aromatic rings. The Morgan fingerprint density at radius 2 is 1.66 bits per heavy atom. The molecular formula is C26H24N4O2. The highest BCUT2D eigenvalue weighted by Gasteiger charge is 2.27. The summed E-state index contributed by atoms with van der Waals surface area (Å²) in [5.74, 6) is -0.0805. The molecule has 1 saturated heterocycles. The minimum Gasteiger partial charge on any atom is -0.355 e. The minimum atomic E-state index is -0.0927. The van der Waals surface area contributed by atoms with Gasteiger partial charge in [0.1, 0.15) is 0 Å². The van der Waals surface area contributed by atoms with E-state index in [1.54, 1.807) is 24.5 Å². The van der Waals surface area contributed by atoms with Crippen molar-refractivity contribution in [1.82, 2.24) is 14.9 Å². The maximum Gasteiger partial charge on any atom is 0.253 e. The first-order valence-corrected chi connectivity index (χ1v) is 10.9. The standard InChI is InChI=1S/C26H24N4O2/c31-25(19-11-15-30(16-12-19)26(32)20-9-13-27-14-10-20)28-22-7-5-18(6-8-22)24-17-21-3-1-2-4-23(21)29-24/h1-10,13-14,17,19,29H,11-12,15-16H2,(H,28,31). The molecule has 3 heterocycles. The highest BCUT2D eigenvalue weighted by molar-refractivity contribution is 5.95. The molecule has 2 aromatic heterocycles. The molecule has 2 amide bonds.